The lowest BCUT2D eigenvalue weighted by Gasteiger charge is -2.30. The first-order chi connectivity index (χ1) is 8.17. The molecule has 0 amide bonds. The molecule has 0 saturated carbocycles. The minimum atomic E-state index is -1.83. The minimum Gasteiger partial charge on any atom is -0.393 e. The number of hydrogen-bond acceptors (Lipinski definition) is 1. The van der Waals surface area contributed by atoms with E-state index in [1.54, 1.807) is 6.08 Å². The van der Waals surface area contributed by atoms with E-state index in [2.05, 4.69) is 31.7 Å². The van der Waals surface area contributed by atoms with E-state index in [0.717, 1.165) is 5.56 Å². The summed E-state index contributed by atoms with van der Waals surface area (Å²) in [7, 11) is 0. The average Bonchev–Trinajstić information content (AvgIpc) is 2.30. The highest BCUT2D eigenvalue weighted by Crippen LogP contribution is 2.42. The van der Waals surface area contributed by atoms with Crippen LogP contribution in [-0.4, -0.2) is 12.2 Å². The first-order valence-electron chi connectivity index (χ1n) is 5.08. The van der Waals surface area contributed by atoms with Crippen molar-refractivity contribution in [3.63, 3.8) is 0 Å². The van der Waals surface area contributed by atoms with Crippen molar-refractivity contribution < 1.29 is 9.04 Å². The number of rotatable bonds is 3. The van der Waals surface area contributed by atoms with E-state index in [9.17, 15) is 4.39 Å². The highest BCUT2D eigenvalue weighted by Gasteiger charge is 2.38. The second-order valence-electron chi connectivity index (χ2n) is 3.63. The third-order valence-electron chi connectivity index (χ3n) is 2.55. The van der Waals surface area contributed by atoms with Crippen molar-refractivity contribution >= 4 is 43.6 Å². The van der Waals surface area contributed by atoms with Gasteiger partial charge in [-0.15, -0.1) is 15.8 Å². The van der Waals surface area contributed by atoms with Gasteiger partial charge >= 0.3 is 6.31 Å². The SMILES string of the molecule is FC1(O[B]Br)CC=CC(Br)=C1c1ccccc1. The van der Waals surface area contributed by atoms with Crippen LogP contribution in [0.3, 0.4) is 0 Å². The summed E-state index contributed by atoms with van der Waals surface area (Å²) in [6.07, 6.45) is 4.98. The zero-order chi connectivity index (χ0) is 12.3. The Morgan fingerprint density at radius 3 is 2.65 bits per heavy atom. The van der Waals surface area contributed by atoms with Gasteiger partial charge in [-0.2, -0.15) is 0 Å². The van der Waals surface area contributed by atoms with Crippen molar-refractivity contribution in [2.75, 3.05) is 0 Å². The van der Waals surface area contributed by atoms with Crippen LogP contribution in [-0.2, 0) is 4.65 Å². The summed E-state index contributed by atoms with van der Waals surface area (Å²) in [6, 6.07) is 9.37. The average molecular weight is 359 g/mol. The summed E-state index contributed by atoms with van der Waals surface area (Å²) in [5.41, 5.74) is 1.32. The van der Waals surface area contributed by atoms with Gasteiger partial charge in [0.2, 0.25) is 5.85 Å². The van der Waals surface area contributed by atoms with Crippen LogP contribution in [0.25, 0.3) is 5.57 Å². The summed E-state index contributed by atoms with van der Waals surface area (Å²) in [5, 5.41) is 0. The molecule has 0 N–H and O–H groups in total. The van der Waals surface area contributed by atoms with Gasteiger partial charge < -0.3 is 4.65 Å². The van der Waals surface area contributed by atoms with Crippen molar-refractivity contribution in [3.05, 3.63) is 52.5 Å². The third kappa shape index (κ3) is 2.72. The van der Waals surface area contributed by atoms with E-state index in [-0.39, 0.29) is 6.42 Å². The molecule has 5 heteroatoms. The Labute approximate surface area is 117 Å². The number of benzene rings is 1. The molecule has 1 aliphatic carbocycles. The summed E-state index contributed by atoms with van der Waals surface area (Å²) in [5.74, 6) is -1.83. The molecular weight excluding hydrogens is 350 g/mol. The highest BCUT2D eigenvalue weighted by atomic mass is 79.9. The monoisotopic (exact) mass is 357 g/mol. The molecule has 0 fully saturated rings. The highest BCUT2D eigenvalue weighted by molar-refractivity contribution is 9.23. The van der Waals surface area contributed by atoms with E-state index in [0.29, 0.717) is 10.1 Å². The molecule has 1 aliphatic rings. The lowest BCUT2D eigenvalue weighted by molar-refractivity contribution is 0.00381. The Morgan fingerprint density at radius 1 is 1.29 bits per heavy atom. The predicted octanol–water partition coefficient (Wildman–Crippen LogP) is 4.36. The fourth-order valence-electron chi connectivity index (χ4n) is 1.81. The maximum absolute atomic E-state index is 14.8. The molecule has 1 unspecified atom stereocenters. The van der Waals surface area contributed by atoms with Crippen LogP contribution in [0.5, 0.6) is 0 Å². The lowest BCUT2D eigenvalue weighted by Crippen LogP contribution is -2.30. The van der Waals surface area contributed by atoms with Gasteiger partial charge in [0.25, 0.3) is 0 Å². The maximum Gasteiger partial charge on any atom is 0.384 e. The summed E-state index contributed by atoms with van der Waals surface area (Å²) in [4.78, 5) is 0. The van der Waals surface area contributed by atoms with E-state index in [4.69, 9.17) is 4.65 Å². The molecule has 1 nitrogen and oxygen atoms in total. The normalized spacial score (nSPS) is 23.9. The van der Waals surface area contributed by atoms with Crippen molar-refractivity contribution in [2.24, 2.45) is 0 Å². The van der Waals surface area contributed by atoms with Crippen molar-refractivity contribution in [1.82, 2.24) is 0 Å². The molecule has 0 heterocycles. The molecule has 1 aromatic rings. The van der Waals surface area contributed by atoms with Gasteiger partial charge in [-0.25, -0.2) is 4.39 Å². The van der Waals surface area contributed by atoms with Gasteiger partial charge in [-0.05, 0) is 5.56 Å². The summed E-state index contributed by atoms with van der Waals surface area (Å²) in [6.45, 7) is 0. The molecule has 87 valence electrons. The van der Waals surface area contributed by atoms with Gasteiger partial charge in [-0.3, -0.25) is 0 Å². The first kappa shape index (κ1) is 13.1. The Morgan fingerprint density at radius 2 is 2.00 bits per heavy atom. The third-order valence-corrected chi connectivity index (χ3v) is 3.40. The standard InChI is InChI=1S/C12H9BBr2FO/c14-10-7-4-8-12(16,17-13-15)11(10)9-5-2-1-3-6-9/h1-7H,8H2. The molecule has 17 heavy (non-hydrogen) atoms. The first-order valence-corrected chi connectivity index (χ1v) is 6.79. The summed E-state index contributed by atoms with van der Waals surface area (Å²) < 4.78 is 20.5. The van der Waals surface area contributed by atoms with Crippen LogP contribution in [0.2, 0.25) is 0 Å². The Kier molecular flexibility index (Phi) is 4.23. The molecule has 0 aliphatic heterocycles. The van der Waals surface area contributed by atoms with Crippen LogP contribution in [0.4, 0.5) is 4.39 Å². The van der Waals surface area contributed by atoms with Gasteiger partial charge in [0.15, 0.2) is 0 Å². The molecule has 0 bridgehead atoms. The number of halogens is 3. The second kappa shape index (κ2) is 5.50. The van der Waals surface area contributed by atoms with Crippen molar-refractivity contribution in [1.29, 1.82) is 0 Å². The topological polar surface area (TPSA) is 9.23 Å². The summed E-state index contributed by atoms with van der Waals surface area (Å²) >= 11 is 6.37. The molecule has 0 spiro atoms. The molecule has 1 atom stereocenters. The number of allylic oxidation sites excluding steroid dienone is 2. The maximum atomic E-state index is 14.8. The smallest absolute Gasteiger partial charge is 0.384 e. The van der Waals surface area contributed by atoms with E-state index >= 15 is 0 Å². The Bertz CT molecular complexity index is 461. The van der Waals surface area contributed by atoms with Crippen LogP contribution in [0.1, 0.15) is 12.0 Å². The van der Waals surface area contributed by atoms with Crippen LogP contribution >= 0.6 is 31.7 Å². The lowest BCUT2D eigenvalue weighted by atomic mass is 9.92. The van der Waals surface area contributed by atoms with Gasteiger partial charge in [-0.1, -0.05) is 58.4 Å². The van der Waals surface area contributed by atoms with E-state index < -0.39 is 5.85 Å². The Hall–Kier alpha value is -0.385. The zero-order valence-corrected chi connectivity index (χ0v) is 12.0. The fourth-order valence-corrected chi connectivity index (χ4v) is 2.82. The fraction of sp³-hybridized carbons (Fsp3) is 0.167. The van der Waals surface area contributed by atoms with Crippen LogP contribution in [0.15, 0.2) is 47.0 Å². The molecule has 0 aromatic heterocycles. The quantitative estimate of drug-likeness (QED) is 0.729. The van der Waals surface area contributed by atoms with Gasteiger partial charge in [0.1, 0.15) is 0 Å². The molecule has 1 aromatic carbocycles. The minimum absolute atomic E-state index is 0.189. The van der Waals surface area contributed by atoms with E-state index in [1.807, 2.05) is 36.4 Å². The number of hydrogen-bond donors (Lipinski definition) is 0. The molecule has 0 saturated heterocycles. The predicted molar refractivity (Wildman–Crippen MR) is 75.7 cm³/mol. The second-order valence-corrected chi connectivity index (χ2v) is 4.86. The zero-order valence-electron chi connectivity index (χ0n) is 8.87. The Balaban J connectivity index is 2.49. The number of alkyl halides is 1. The van der Waals surface area contributed by atoms with Crippen molar-refractivity contribution in [3.8, 4) is 0 Å². The van der Waals surface area contributed by atoms with Gasteiger partial charge in [0.05, 0.1) is 0 Å². The van der Waals surface area contributed by atoms with E-state index in [1.165, 1.54) is 6.31 Å². The molecule has 1 radical (unpaired) electrons. The molecule has 2 rings (SSSR count). The van der Waals surface area contributed by atoms with Crippen LogP contribution < -0.4 is 0 Å². The van der Waals surface area contributed by atoms with Crippen molar-refractivity contribution in [2.45, 2.75) is 12.3 Å². The largest absolute Gasteiger partial charge is 0.393 e. The molecular formula is C12H9BBr2FO. The van der Waals surface area contributed by atoms with Crippen LogP contribution in [0, 0.1) is 0 Å². The van der Waals surface area contributed by atoms with Gasteiger partial charge in [0, 0.05) is 16.5 Å².